The van der Waals surface area contributed by atoms with Gasteiger partial charge in [-0.2, -0.15) is 5.10 Å². The van der Waals surface area contributed by atoms with Gasteiger partial charge < -0.3 is 5.11 Å². The van der Waals surface area contributed by atoms with Crippen molar-refractivity contribution < 1.29 is 31.5 Å². The summed E-state index contributed by atoms with van der Waals surface area (Å²) in [6.07, 6.45) is 0.0961. The van der Waals surface area contributed by atoms with Crippen LogP contribution in [0.4, 0.5) is 13.2 Å². The number of rotatable bonds is 9. The molecular formula is C25H21F3N4O4S2. The van der Waals surface area contributed by atoms with Crippen molar-refractivity contribution in [2.45, 2.75) is 37.0 Å². The summed E-state index contributed by atoms with van der Waals surface area (Å²) in [7, 11) is -4.25. The largest absolute Gasteiger partial charge is 0.476 e. The van der Waals surface area contributed by atoms with Crippen molar-refractivity contribution in [1.29, 1.82) is 0 Å². The Labute approximate surface area is 219 Å². The molecule has 1 fully saturated rings. The van der Waals surface area contributed by atoms with Gasteiger partial charge in [-0.25, -0.2) is 41.2 Å². The van der Waals surface area contributed by atoms with Crippen LogP contribution < -0.4 is 5.14 Å². The van der Waals surface area contributed by atoms with Gasteiger partial charge in [-0.15, -0.1) is 11.3 Å². The number of carbonyl (C=O) groups is 1. The number of carboxylic acid groups (broad SMARTS) is 1. The molecule has 8 nitrogen and oxygen atoms in total. The molecule has 3 N–H and O–H groups in total. The molecule has 4 aromatic rings. The molecule has 0 bridgehead atoms. The molecule has 0 saturated heterocycles. The number of aromatic carboxylic acids is 1. The average molecular weight is 563 g/mol. The van der Waals surface area contributed by atoms with E-state index < -0.39 is 33.1 Å². The Morgan fingerprint density at radius 1 is 1.18 bits per heavy atom. The van der Waals surface area contributed by atoms with E-state index in [1.165, 1.54) is 35.7 Å². The van der Waals surface area contributed by atoms with Crippen LogP contribution >= 0.6 is 11.3 Å². The highest BCUT2D eigenvalue weighted by atomic mass is 32.2. The molecule has 1 saturated carbocycles. The number of nitrogens with zero attached hydrogens (tertiary/aromatic N) is 3. The van der Waals surface area contributed by atoms with Gasteiger partial charge in [0.1, 0.15) is 10.7 Å². The van der Waals surface area contributed by atoms with Crippen molar-refractivity contribution >= 4 is 27.3 Å². The van der Waals surface area contributed by atoms with Crippen LogP contribution in [0.5, 0.6) is 0 Å². The smallest absolute Gasteiger partial charge is 0.355 e. The molecule has 2 aromatic heterocycles. The van der Waals surface area contributed by atoms with Crippen LogP contribution in [0.25, 0.3) is 16.4 Å². The molecule has 2 aromatic carbocycles. The van der Waals surface area contributed by atoms with Gasteiger partial charge in [-0.3, -0.25) is 0 Å². The number of primary sulfonamides is 1. The van der Waals surface area contributed by atoms with Gasteiger partial charge in [-0.1, -0.05) is 30.3 Å². The number of alkyl halides is 2. The standard InChI is InChI=1S/C25H21F3N4O4S2/c26-18-10-14(3-8-21(18)38(29,35)36)9-17-20(11-13-1-2-13)32(25-30-19(12-37-25)24(33)34)31-22(17)15-4-6-16(7-5-15)23(27)28/h3-8,10,12-13,23H,1-2,9,11H2,(H,33,34)(H2,29,35,36). The fourth-order valence-electron chi connectivity index (χ4n) is 4.20. The highest BCUT2D eigenvalue weighted by Crippen LogP contribution is 2.38. The quantitative estimate of drug-likeness (QED) is 0.297. The first-order chi connectivity index (χ1) is 18.0. The topological polar surface area (TPSA) is 128 Å². The van der Waals surface area contributed by atoms with E-state index in [0.717, 1.165) is 42.0 Å². The van der Waals surface area contributed by atoms with Crippen LogP contribution in [0.15, 0.2) is 52.7 Å². The van der Waals surface area contributed by atoms with Gasteiger partial charge in [0.2, 0.25) is 15.2 Å². The molecule has 38 heavy (non-hydrogen) atoms. The van der Waals surface area contributed by atoms with Crippen molar-refractivity contribution in [3.8, 4) is 16.4 Å². The predicted octanol–water partition coefficient (Wildman–Crippen LogP) is 4.96. The number of halogens is 3. The SMILES string of the molecule is NS(=O)(=O)c1ccc(Cc2c(-c3ccc(C(F)F)cc3)nn(-c3nc(C(=O)O)cs3)c2CC2CC2)cc1F. The molecule has 0 aliphatic heterocycles. The van der Waals surface area contributed by atoms with E-state index >= 15 is 0 Å². The van der Waals surface area contributed by atoms with Crippen molar-refractivity contribution in [2.75, 3.05) is 0 Å². The molecule has 0 spiro atoms. The second-order valence-corrected chi connectivity index (χ2v) is 11.4. The molecule has 5 rings (SSSR count). The van der Waals surface area contributed by atoms with E-state index in [4.69, 9.17) is 10.2 Å². The van der Waals surface area contributed by atoms with Crippen LogP contribution in [0.2, 0.25) is 0 Å². The third-order valence-corrected chi connectivity index (χ3v) is 8.04. The Balaban J connectivity index is 1.66. The maximum Gasteiger partial charge on any atom is 0.355 e. The highest BCUT2D eigenvalue weighted by molar-refractivity contribution is 7.89. The van der Waals surface area contributed by atoms with E-state index in [1.54, 1.807) is 4.68 Å². The minimum Gasteiger partial charge on any atom is -0.476 e. The van der Waals surface area contributed by atoms with Crippen LogP contribution in [0, 0.1) is 11.7 Å². The second kappa shape index (κ2) is 9.97. The van der Waals surface area contributed by atoms with Gasteiger partial charge in [0.15, 0.2) is 5.69 Å². The molecule has 0 unspecified atom stereocenters. The Hall–Kier alpha value is -3.55. The molecule has 0 amide bonds. The van der Waals surface area contributed by atoms with E-state index in [9.17, 15) is 31.5 Å². The monoisotopic (exact) mass is 562 g/mol. The predicted molar refractivity (Wildman–Crippen MR) is 134 cm³/mol. The number of hydrogen-bond acceptors (Lipinski definition) is 6. The van der Waals surface area contributed by atoms with E-state index in [1.807, 2.05) is 0 Å². The van der Waals surface area contributed by atoms with Crippen molar-refractivity contribution in [1.82, 2.24) is 14.8 Å². The third-order valence-electron chi connectivity index (χ3n) is 6.28. The lowest BCUT2D eigenvalue weighted by Crippen LogP contribution is -2.14. The molecule has 2 heterocycles. The highest BCUT2D eigenvalue weighted by Gasteiger charge is 2.29. The number of aromatic nitrogens is 3. The molecule has 1 aliphatic carbocycles. The zero-order valence-corrected chi connectivity index (χ0v) is 21.3. The van der Waals surface area contributed by atoms with Crippen LogP contribution in [0.1, 0.15) is 52.1 Å². The Morgan fingerprint density at radius 2 is 1.89 bits per heavy atom. The number of nitrogens with two attached hydrogens (primary N) is 1. The lowest BCUT2D eigenvalue weighted by Gasteiger charge is -2.10. The maximum atomic E-state index is 14.6. The normalized spacial score (nSPS) is 13.8. The summed E-state index contributed by atoms with van der Waals surface area (Å²) in [6, 6.07) is 9.29. The summed E-state index contributed by atoms with van der Waals surface area (Å²) in [5.74, 6) is -1.80. The van der Waals surface area contributed by atoms with E-state index in [2.05, 4.69) is 4.98 Å². The van der Waals surface area contributed by atoms with Crippen molar-refractivity contribution in [3.63, 3.8) is 0 Å². The Morgan fingerprint density at radius 3 is 2.45 bits per heavy atom. The molecule has 198 valence electrons. The maximum absolute atomic E-state index is 14.6. The number of carboxylic acids is 1. The minimum absolute atomic E-state index is 0.136. The lowest BCUT2D eigenvalue weighted by molar-refractivity contribution is 0.0691. The molecule has 13 heteroatoms. The van der Waals surface area contributed by atoms with E-state index in [0.29, 0.717) is 39.9 Å². The van der Waals surface area contributed by atoms with E-state index in [-0.39, 0.29) is 17.7 Å². The summed E-state index contributed by atoms with van der Waals surface area (Å²) in [4.78, 5) is 15.0. The summed E-state index contributed by atoms with van der Waals surface area (Å²) in [5.41, 5.74) is 2.56. The zero-order valence-electron chi connectivity index (χ0n) is 19.6. The van der Waals surface area contributed by atoms with Crippen molar-refractivity contribution in [3.05, 3.63) is 81.7 Å². The fraction of sp³-hybridized carbons (Fsp3) is 0.240. The number of thiazole rings is 1. The number of hydrogen-bond donors (Lipinski definition) is 2. The number of sulfonamides is 1. The molecule has 0 radical (unpaired) electrons. The first kappa shape index (κ1) is 26.1. The molecule has 1 aliphatic rings. The Kier molecular flexibility index (Phi) is 6.84. The van der Waals surface area contributed by atoms with Gasteiger partial charge in [0.25, 0.3) is 6.43 Å². The summed E-state index contributed by atoms with van der Waals surface area (Å²) in [5, 5.41) is 20.9. The van der Waals surface area contributed by atoms with Gasteiger partial charge in [0, 0.05) is 28.5 Å². The molecular weight excluding hydrogens is 541 g/mol. The lowest BCUT2D eigenvalue weighted by atomic mass is 9.96. The first-order valence-corrected chi connectivity index (χ1v) is 13.9. The minimum atomic E-state index is -4.25. The third kappa shape index (κ3) is 5.35. The number of benzene rings is 2. The van der Waals surface area contributed by atoms with Crippen LogP contribution in [0.3, 0.4) is 0 Å². The zero-order chi connectivity index (χ0) is 27.2. The summed E-state index contributed by atoms with van der Waals surface area (Å²) >= 11 is 1.10. The second-order valence-electron chi connectivity index (χ2n) is 9.06. The fourth-order valence-corrected chi connectivity index (χ4v) is 5.56. The van der Waals surface area contributed by atoms with Crippen LogP contribution in [-0.4, -0.2) is 34.3 Å². The van der Waals surface area contributed by atoms with Gasteiger partial charge in [0.05, 0.1) is 11.4 Å². The van der Waals surface area contributed by atoms with Gasteiger partial charge in [-0.05, 0) is 42.9 Å². The summed E-state index contributed by atoms with van der Waals surface area (Å²) in [6.45, 7) is 0. The van der Waals surface area contributed by atoms with Crippen molar-refractivity contribution in [2.24, 2.45) is 11.1 Å². The summed E-state index contributed by atoms with van der Waals surface area (Å²) < 4.78 is 65.9. The Bertz CT molecular complexity index is 1630. The first-order valence-electron chi connectivity index (χ1n) is 11.5. The molecule has 0 atom stereocenters. The van der Waals surface area contributed by atoms with Gasteiger partial charge >= 0.3 is 5.97 Å². The van der Waals surface area contributed by atoms with Crippen LogP contribution in [-0.2, 0) is 22.9 Å². The average Bonchev–Trinajstić information content (AvgIpc) is 3.41.